The third kappa shape index (κ3) is 4.34. The maximum atomic E-state index is 13.6. The Morgan fingerprint density at radius 1 is 1.53 bits per heavy atom. The standard InChI is InChI=1S/C12H15BrFNO2/c1-12(2,15-11(16)17)6-9-5-8(7-13)3-4-10(9)14/h3-5,15H,6-7H2,1-2H3,(H,16,17). The van der Waals surface area contributed by atoms with Gasteiger partial charge < -0.3 is 10.4 Å². The number of nitrogens with one attached hydrogen (secondary N) is 1. The lowest BCUT2D eigenvalue weighted by Crippen LogP contribution is -2.44. The maximum Gasteiger partial charge on any atom is 0.405 e. The van der Waals surface area contributed by atoms with Crippen molar-refractivity contribution in [3.63, 3.8) is 0 Å². The number of carboxylic acid groups (broad SMARTS) is 1. The third-order valence-electron chi connectivity index (χ3n) is 2.34. The fourth-order valence-corrected chi connectivity index (χ4v) is 2.01. The van der Waals surface area contributed by atoms with Crippen LogP contribution >= 0.6 is 15.9 Å². The summed E-state index contributed by atoms with van der Waals surface area (Å²) in [6.07, 6.45) is -0.793. The second-order valence-corrected chi connectivity index (χ2v) is 5.11. The average Bonchev–Trinajstić information content (AvgIpc) is 2.19. The van der Waals surface area contributed by atoms with Gasteiger partial charge in [0.05, 0.1) is 0 Å². The first-order valence-electron chi connectivity index (χ1n) is 5.18. The molecule has 1 amide bonds. The molecule has 1 rings (SSSR count). The van der Waals surface area contributed by atoms with E-state index in [0.29, 0.717) is 17.3 Å². The summed E-state index contributed by atoms with van der Waals surface area (Å²) in [4.78, 5) is 10.6. The van der Waals surface area contributed by atoms with Crippen molar-refractivity contribution in [3.05, 3.63) is 35.1 Å². The van der Waals surface area contributed by atoms with Crippen LogP contribution in [0.2, 0.25) is 0 Å². The summed E-state index contributed by atoms with van der Waals surface area (Å²) in [7, 11) is 0. The molecule has 0 aromatic heterocycles. The molecule has 0 radical (unpaired) electrons. The van der Waals surface area contributed by atoms with Crippen LogP contribution in [0.5, 0.6) is 0 Å². The topological polar surface area (TPSA) is 49.3 Å². The molecule has 0 unspecified atom stereocenters. The molecular formula is C12H15BrFNO2. The molecule has 0 fully saturated rings. The largest absolute Gasteiger partial charge is 0.465 e. The lowest BCUT2D eigenvalue weighted by molar-refractivity contribution is 0.182. The zero-order valence-corrected chi connectivity index (χ0v) is 11.3. The minimum absolute atomic E-state index is 0.310. The first kappa shape index (κ1) is 14.0. The molecule has 0 aliphatic rings. The molecule has 17 heavy (non-hydrogen) atoms. The molecule has 0 aliphatic heterocycles. The molecule has 94 valence electrons. The Labute approximate surface area is 108 Å². The summed E-state index contributed by atoms with van der Waals surface area (Å²) >= 11 is 3.30. The van der Waals surface area contributed by atoms with Crippen molar-refractivity contribution < 1.29 is 14.3 Å². The Balaban J connectivity index is 2.89. The van der Waals surface area contributed by atoms with E-state index in [4.69, 9.17) is 5.11 Å². The van der Waals surface area contributed by atoms with Crippen molar-refractivity contribution in [2.24, 2.45) is 0 Å². The normalized spacial score (nSPS) is 11.3. The highest BCUT2D eigenvalue weighted by atomic mass is 79.9. The van der Waals surface area contributed by atoms with Crippen molar-refractivity contribution in [3.8, 4) is 0 Å². The zero-order valence-electron chi connectivity index (χ0n) is 9.76. The average molecular weight is 304 g/mol. The number of amides is 1. The van der Waals surface area contributed by atoms with Gasteiger partial charge in [0.1, 0.15) is 5.82 Å². The molecular weight excluding hydrogens is 289 g/mol. The van der Waals surface area contributed by atoms with Gasteiger partial charge in [0.25, 0.3) is 0 Å². The minimum Gasteiger partial charge on any atom is -0.465 e. The highest BCUT2D eigenvalue weighted by Gasteiger charge is 2.22. The van der Waals surface area contributed by atoms with Crippen molar-refractivity contribution in [1.29, 1.82) is 0 Å². The smallest absolute Gasteiger partial charge is 0.405 e. The second-order valence-electron chi connectivity index (χ2n) is 4.55. The van der Waals surface area contributed by atoms with Gasteiger partial charge in [0.15, 0.2) is 0 Å². The molecule has 0 saturated carbocycles. The highest BCUT2D eigenvalue weighted by molar-refractivity contribution is 9.08. The lowest BCUT2D eigenvalue weighted by atomic mass is 9.94. The van der Waals surface area contributed by atoms with Gasteiger partial charge in [-0.15, -0.1) is 0 Å². The summed E-state index contributed by atoms with van der Waals surface area (Å²) in [5.41, 5.74) is 0.783. The van der Waals surface area contributed by atoms with Crippen LogP contribution in [0.15, 0.2) is 18.2 Å². The molecule has 3 nitrogen and oxygen atoms in total. The van der Waals surface area contributed by atoms with Crippen LogP contribution in [0.3, 0.4) is 0 Å². The van der Waals surface area contributed by atoms with Gasteiger partial charge in [-0.1, -0.05) is 28.1 Å². The van der Waals surface area contributed by atoms with Crippen LogP contribution in [0.1, 0.15) is 25.0 Å². The highest BCUT2D eigenvalue weighted by Crippen LogP contribution is 2.18. The molecule has 5 heteroatoms. The summed E-state index contributed by atoms with van der Waals surface area (Å²) in [5.74, 6) is -0.310. The summed E-state index contributed by atoms with van der Waals surface area (Å²) < 4.78 is 13.6. The molecule has 1 aromatic rings. The van der Waals surface area contributed by atoms with E-state index in [0.717, 1.165) is 5.56 Å². The van der Waals surface area contributed by atoms with Gasteiger partial charge in [-0.25, -0.2) is 9.18 Å². The number of hydrogen-bond donors (Lipinski definition) is 2. The van der Waals surface area contributed by atoms with E-state index in [-0.39, 0.29) is 5.82 Å². The summed E-state index contributed by atoms with van der Waals surface area (Å²) in [5, 5.41) is 11.7. The van der Waals surface area contributed by atoms with Gasteiger partial charge in [0.2, 0.25) is 0 Å². The van der Waals surface area contributed by atoms with Crippen LogP contribution < -0.4 is 5.32 Å². The minimum atomic E-state index is -1.10. The van der Waals surface area contributed by atoms with E-state index in [1.807, 2.05) is 0 Å². The number of alkyl halides is 1. The Morgan fingerprint density at radius 2 is 2.18 bits per heavy atom. The Hall–Kier alpha value is -1.10. The number of rotatable bonds is 4. The Bertz CT molecular complexity index is 421. The van der Waals surface area contributed by atoms with Crippen molar-refractivity contribution >= 4 is 22.0 Å². The van der Waals surface area contributed by atoms with E-state index in [9.17, 15) is 9.18 Å². The quantitative estimate of drug-likeness (QED) is 0.838. The van der Waals surface area contributed by atoms with E-state index < -0.39 is 11.6 Å². The molecule has 0 saturated heterocycles. The monoisotopic (exact) mass is 303 g/mol. The van der Waals surface area contributed by atoms with Gasteiger partial charge >= 0.3 is 6.09 Å². The van der Waals surface area contributed by atoms with Gasteiger partial charge in [-0.2, -0.15) is 0 Å². The Kier molecular flexibility index (Phi) is 4.51. The zero-order chi connectivity index (χ0) is 13.1. The Morgan fingerprint density at radius 3 is 2.71 bits per heavy atom. The predicted octanol–water partition coefficient (Wildman–Crippen LogP) is 3.31. The SMILES string of the molecule is CC(C)(Cc1cc(CBr)ccc1F)NC(=O)O. The molecule has 0 heterocycles. The number of benzene rings is 1. The second kappa shape index (κ2) is 5.49. The predicted molar refractivity (Wildman–Crippen MR) is 68.0 cm³/mol. The van der Waals surface area contributed by atoms with E-state index in [2.05, 4.69) is 21.2 Å². The lowest BCUT2D eigenvalue weighted by Gasteiger charge is -2.25. The van der Waals surface area contributed by atoms with Crippen LogP contribution in [0.4, 0.5) is 9.18 Å². The van der Waals surface area contributed by atoms with Crippen molar-refractivity contribution in [2.75, 3.05) is 0 Å². The van der Waals surface area contributed by atoms with Crippen molar-refractivity contribution in [1.82, 2.24) is 5.32 Å². The summed E-state index contributed by atoms with van der Waals surface area (Å²) in [6.45, 7) is 3.45. The van der Waals surface area contributed by atoms with Gasteiger partial charge in [-0.3, -0.25) is 0 Å². The number of halogens is 2. The van der Waals surface area contributed by atoms with Crippen LogP contribution in [-0.2, 0) is 11.8 Å². The van der Waals surface area contributed by atoms with E-state index >= 15 is 0 Å². The molecule has 0 aliphatic carbocycles. The van der Waals surface area contributed by atoms with Gasteiger partial charge in [0, 0.05) is 10.9 Å². The molecule has 0 atom stereocenters. The van der Waals surface area contributed by atoms with Crippen LogP contribution in [-0.4, -0.2) is 16.7 Å². The molecule has 0 bridgehead atoms. The van der Waals surface area contributed by atoms with Crippen molar-refractivity contribution in [2.45, 2.75) is 31.1 Å². The first-order valence-corrected chi connectivity index (χ1v) is 6.30. The third-order valence-corrected chi connectivity index (χ3v) is 2.99. The summed E-state index contributed by atoms with van der Waals surface area (Å²) in [6, 6.07) is 4.85. The fraction of sp³-hybridized carbons (Fsp3) is 0.417. The molecule has 0 spiro atoms. The molecule has 2 N–H and O–H groups in total. The van der Waals surface area contributed by atoms with E-state index in [1.165, 1.54) is 6.07 Å². The van der Waals surface area contributed by atoms with Crippen LogP contribution in [0.25, 0.3) is 0 Å². The maximum absolute atomic E-state index is 13.6. The molecule has 1 aromatic carbocycles. The number of carbonyl (C=O) groups is 1. The van der Waals surface area contributed by atoms with E-state index in [1.54, 1.807) is 26.0 Å². The fourth-order valence-electron chi connectivity index (χ4n) is 1.66. The first-order chi connectivity index (χ1) is 7.84. The van der Waals surface area contributed by atoms with Crippen LogP contribution in [0, 0.1) is 5.82 Å². The number of hydrogen-bond acceptors (Lipinski definition) is 1. The van der Waals surface area contributed by atoms with Gasteiger partial charge in [-0.05, 0) is 37.5 Å².